The van der Waals surface area contributed by atoms with Crippen LogP contribution in [-0.2, 0) is 4.79 Å². The van der Waals surface area contributed by atoms with Gasteiger partial charge in [0.25, 0.3) is 5.91 Å². The molecule has 0 unspecified atom stereocenters. The minimum atomic E-state index is -0.107. The van der Waals surface area contributed by atoms with Crippen LogP contribution < -0.4 is 0 Å². The summed E-state index contributed by atoms with van der Waals surface area (Å²) in [4.78, 5) is 36.5. The van der Waals surface area contributed by atoms with Crippen LogP contribution in [-0.4, -0.2) is 57.8 Å². The molecule has 1 saturated heterocycles. The van der Waals surface area contributed by atoms with Gasteiger partial charge in [0.05, 0.1) is 6.20 Å². The zero-order valence-corrected chi connectivity index (χ0v) is 13.4. The smallest absolute Gasteiger partial charge is 0.274 e. The lowest BCUT2D eigenvalue weighted by molar-refractivity contribution is -0.135. The van der Waals surface area contributed by atoms with Crippen molar-refractivity contribution in [2.75, 3.05) is 26.2 Å². The van der Waals surface area contributed by atoms with E-state index >= 15 is 0 Å². The van der Waals surface area contributed by atoms with Gasteiger partial charge in [-0.2, -0.15) is 0 Å². The zero-order chi connectivity index (χ0) is 15.9. The van der Waals surface area contributed by atoms with Gasteiger partial charge in [0.1, 0.15) is 5.69 Å². The third-order valence-corrected chi connectivity index (χ3v) is 4.21. The van der Waals surface area contributed by atoms with Gasteiger partial charge in [0.15, 0.2) is 0 Å². The number of carbonyl (C=O) groups excluding carboxylic acids is 2. The summed E-state index contributed by atoms with van der Waals surface area (Å²) >= 11 is 0. The van der Waals surface area contributed by atoms with Crippen molar-refractivity contribution in [2.45, 2.75) is 33.1 Å². The maximum atomic E-state index is 12.5. The number of hydrogen-bond donors (Lipinski definition) is 0. The monoisotopic (exact) mass is 304 g/mol. The summed E-state index contributed by atoms with van der Waals surface area (Å²) in [6.45, 7) is 6.63. The summed E-state index contributed by atoms with van der Waals surface area (Å²) in [5.74, 6) is 0.214. The van der Waals surface area contributed by atoms with Crippen LogP contribution in [0.15, 0.2) is 18.6 Å². The molecule has 1 aromatic rings. The Bertz CT molecular complexity index is 502. The molecule has 1 aliphatic rings. The molecule has 1 fully saturated rings. The lowest BCUT2D eigenvalue weighted by Gasteiger charge is -2.25. The molecule has 0 saturated carbocycles. The molecule has 2 amide bonds. The molecule has 0 atom stereocenters. The number of amides is 2. The van der Waals surface area contributed by atoms with E-state index < -0.39 is 0 Å². The predicted molar refractivity (Wildman–Crippen MR) is 83.2 cm³/mol. The quantitative estimate of drug-likeness (QED) is 0.847. The number of aromatic nitrogens is 2. The van der Waals surface area contributed by atoms with Crippen LogP contribution in [0.3, 0.4) is 0 Å². The molecule has 6 heteroatoms. The summed E-state index contributed by atoms with van der Waals surface area (Å²) in [5.41, 5.74) is 0.363. The minimum Gasteiger partial charge on any atom is -0.341 e. The number of carbonyl (C=O) groups is 2. The lowest BCUT2D eigenvalue weighted by Crippen LogP contribution is -2.40. The Balaban J connectivity index is 1.98. The SMILES string of the molecule is CCC(CC)C(=O)N1CCCN(C(=O)c2cnccn2)CC1. The molecule has 22 heavy (non-hydrogen) atoms. The van der Waals surface area contributed by atoms with Gasteiger partial charge in [-0.3, -0.25) is 14.6 Å². The lowest BCUT2D eigenvalue weighted by atomic mass is 10.0. The summed E-state index contributed by atoms with van der Waals surface area (Å²) in [5, 5.41) is 0. The van der Waals surface area contributed by atoms with Crippen LogP contribution in [0.25, 0.3) is 0 Å². The van der Waals surface area contributed by atoms with Crippen LogP contribution >= 0.6 is 0 Å². The Morgan fingerprint density at radius 3 is 2.41 bits per heavy atom. The Morgan fingerprint density at radius 2 is 1.77 bits per heavy atom. The van der Waals surface area contributed by atoms with Gasteiger partial charge in [-0.1, -0.05) is 13.8 Å². The van der Waals surface area contributed by atoms with Crippen LogP contribution in [0.5, 0.6) is 0 Å². The van der Waals surface area contributed by atoms with Gasteiger partial charge in [-0.05, 0) is 19.3 Å². The minimum absolute atomic E-state index is 0.0993. The first kappa shape index (κ1) is 16.4. The molecular weight excluding hydrogens is 280 g/mol. The summed E-state index contributed by atoms with van der Waals surface area (Å²) in [6, 6.07) is 0. The Kier molecular flexibility index (Phi) is 5.86. The van der Waals surface area contributed by atoms with Crippen LogP contribution in [0, 0.1) is 5.92 Å². The van der Waals surface area contributed by atoms with Crippen molar-refractivity contribution in [3.63, 3.8) is 0 Å². The molecule has 1 aromatic heterocycles. The van der Waals surface area contributed by atoms with E-state index in [9.17, 15) is 9.59 Å². The Labute approximate surface area is 131 Å². The number of nitrogens with zero attached hydrogens (tertiary/aromatic N) is 4. The highest BCUT2D eigenvalue weighted by atomic mass is 16.2. The summed E-state index contributed by atoms with van der Waals surface area (Å²) < 4.78 is 0. The topological polar surface area (TPSA) is 66.4 Å². The first-order valence-corrected chi connectivity index (χ1v) is 8.01. The molecule has 0 aromatic carbocycles. The Hall–Kier alpha value is -1.98. The summed E-state index contributed by atoms with van der Waals surface area (Å²) in [7, 11) is 0. The van der Waals surface area contributed by atoms with Crippen molar-refractivity contribution in [3.8, 4) is 0 Å². The molecular formula is C16H24N4O2. The second-order valence-electron chi connectivity index (χ2n) is 5.58. The van der Waals surface area contributed by atoms with Gasteiger partial charge >= 0.3 is 0 Å². The maximum Gasteiger partial charge on any atom is 0.274 e. The zero-order valence-electron chi connectivity index (χ0n) is 13.4. The predicted octanol–water partition coefficient (Wildman–Crippen LogP) is 1.59. The first-order chi connectivity index (χ1) is 10.7. The molecule has 0 bridgehead atoms. The second-order valence-corrected chi connectivity index (χ2v) is 5.58. The molecule has 2 rings (SSSR count). The van der Waals surface area contributed by atoms with E-state index in [-0.39, 0.29) is 17.7 Å². The van der Waals surface area contributed by atoms with E-state index in [1.165, 1.54) is 12.4 Å². The molecule has 120 valence electrons. The number of rotatable bonds is 4. The average molecular weight is 304 g/mol. The fraction of sp³-hybridized carbons (Fsp3) is 0.625. The van der Waals surface area contributed by atoms with Crippen molar-refractivity contribution in [3.05, 3.63) is 24.3 Å². The van der Waals surface area contributed by atoms with Gasteiger partial charge < -0.3 is 9.80 Å². The van der Waals surface area contributed by atoms with Crippen molar-refractivity contribution in [1.29, 1.82) is 0 Å². The van der Waals surface area contributed by atoms with E-state index in [4.69, 9.17) is 0 Å². The van der Waals surface area contributed by atoms with Crippen molar-refractivity contribution in [2.24, 2.45) is 5.92 Å². The average Bonchev–Trinajstić information content (AvgIpc) is 2.82. The molecule has 6 nitrogen and oxygen atoms in total. The van der Waals surface area contributed by atoms with E-state index in [1.54, 1.807) is 11.1 Å². The van der Waals surface area contributed by atoms with Crippen LogP contribution in [0.2, 0.25) is 0 Å². The van der Waals surface area contributed by atoms with Crippen molar-refractivity contribution < 1.29 is 9.59 Å². The molecule has 0 spiro atoms. The maximum absolute atomic E-state index is 12.5. The van der Waals surface area contributed by atoms with Gasteiger partial charge in [0.2, 0.25) is 5.91 Å². The van der Waals surface area contributed by atoms with Gasteiger partial charge in [-0.25, -0.2) is 4.98 Å². The summed E-state index contributed by atoms with van der Waals surface area (Å²) in [6.07, 6.45) is 7.10. The van der Waals surface area contributed by atoms with E-state index in [2.05, 4.69) is 9.97 Å². The number of hydrogen-bond acceptors (Lipinski definition) is 4. The third kappa shape index (κ3) is 3.81. The molecule has 0 N–H and O–H groups in total. The van der Waals surface area contributed by atoms with Crippen LogP contribution in [0.4, 0.5) is 0 Å². The highest BCUT2D eigenvalue weighted by molar-refractivity contribution is 5.92. The molecule has 2 heterocycles. The highest BCUT2D eigenvalue weighted by Gasteiger charge is 2.26. The van der Waals surface area contributed by atoms with E-state index in [1.807, 2.05) is 18.7 Å². The van der Waals surface area contributed by atoms with E-state index in [0.29, 0.717) is 25.3 Å². The normalized spacial score (nSPS) is 15.8. The van der Waals surface area contributed by atoms with Crippen LogP contribution in [0.1, 0.15) is 43.6 Å². The van der Waals surface area contributed by atoms with Gasteiger partial charge in [-0.15, -0.1) is 0 Å². The van der Waals surface area contributed by atoms with Crippen molar-refractivity contribution >= 4 is 11.8 Å². The molecule has 0 radical (unpaired) electrons. The fourth-order valence-electron chi connectivity index (χ4n) is 2.81. The third-order valence-electron chi connectivity index (χ3n) is 4.21. The first-order valence-electron chi connectivity index (χ1n) is 8.01. The second kappa shape index (κ2) is 7.87. The Morgan fingerprint density at radius 1 is 1.09 bits per heavy atom. The van der Waals surface area contributed by atoms with Gasteiger partial charge in [0, 0.05) is 44.5 Å². The molecule has 0 aliphatic carbocycles. The van der Waals surface area contributed by atoms with Crippen molar-refractivity contribution in [1.82, 2.24) is 19.8 Å². The highest BCUT2D eigenvalue weighted by Crippen LogP contribution is 2.15. The largest absolute Gasteiger partial charge is 0.341 e. The molecule has 1 aliphatic heterocycles. The standard InChI is InChI=1S/C16H24N4O2/c1-3-13(4-2)15(21)19-8-5-9-20(11-10-19)16(22)14-12-17-6-7-18-14/h6-7,12-13H,3-5,8-11H2,1-2H3. The van der Waals surface area contributed by atoms with E-state index in [0.717, 1.165) is 25.8 Å². The fourth-order valence-corrected chi connectivity index (χ4v) is 2.81.